The molecule has 1 saturated carbocycles. The van der Waals surface area contributed by atoms with Crippen molar-refractivity contribution >= 4 is 17.0 Å². The van der Waals surface area contributed by atoms with Crippen LogP contribution in [-0.4, -0.2) is 22.0 Å². The van der Waals surface area contributed by atoms with Crippen LogP contribution in [0.4, 0.5) is 5.69 Å². The Morgan fingerprint density at radius 1 is 1.00 bits per heavy atom. The first-order chi connectivity index (χ1) is 12.0. The molecule has 0 atom stereocenters. The van der Waals surface area contributed by atoms with Crippen molar-refractivity contribution in [3.8, 4) is 11.5 Å². The summed E-state index contributed by atoms with van der Waals surface area (Å²) in [7, 11) is 0. The van der Waals surface area contributed by atoms with E-state index in [9.17, 15) is 15.0 Å². The van der Waals surface area contributed by atoms with E-state index in [1.54, 1.807) is 0 Å². The summed E-state index contributed by atoms with van der Waals surface area (Å²) in [6.45, 7) is 3.87. The van der Waals surface area contributed by atoms with Crippen molar-refractivity contribution in [2.75, 3.05) is 5.32 Å². The van der Waals surface area contributed by atoms with Gasteiger partial charge in [0.25, 0.3) is 0 Å². The van der Waals surface area contributed by atoms with Gasteiger partial charge in [0.05, 0.1) is 5.56 Å². The molecule has 1 aliphatic carbocycles. The minimum atomic E-state index is -0.356. The van der Waals surface area contributed by atoms with Crippen LogP contribution >= 0.6 is 0 Å². The number of anilines is 1. The van der Waals surface area contributed by atoms with Crippen molar-refractivity contribution in [2.24, 2.45) is 0 Å². The Bertz CT molecular complexity index is 774. The van der Waals surface area contributed by atoms with Crippen LogP contribution in [-0.2, 0) is 0 Å². The van der Waals surface area contributed by atoms with Gasteiger partial charge in [-0.1, -0.05) is 38.0 Å². The number of nitrogens with one attached hydrogen (secondary N) is 1. The summed E-state index contributed by atoms with van der Waals surface area (Å²) < 4.78 is 0. The van der Waals surface area contributed by atoms with Gasteiger partial charge in [0.1, 0.15) is 11.5 Å². The van der Waals surface area contributed by atoms with Gasteiger partial charge >= 0.3 is 0 Å². The van der Waals surface area contributed by atoms with Crippen LogP contribution in [0, 0.1) is 0 Å². The van der Waals surface area contributed by atoms with E-state index in [4.69, 9.17) is 0 Å². The van der Waals surface area contributed by atoms with Gasteiger partial charge in [0.2, 0.25) is 0 Å². The summed E-state index contributed by atoms with van der Waals surface area (Å²) in [6, 6.07) is 12.1. The molecule has 0 aromatic heterocycles. The zero-order valence-corrected chi connectivity index (χ0v) is 14.2. The number of allylic oxidation sites excluding steroid dienone is 1. The molecule has 0 radical (unpaired) electrons. The highest BCUT2D eigenvalue weighted by Crippen LogP contribution is 2.28. The van der Waals surface area contributed by atoms with E-state index in [0.29, 0.717) is 17.2 Å². The molecule has 3 N–H and O–H groups in total. The van der Waals surface area contributed by atoms with E-state index >= 15 is 0 Å². The fourth-order valence-electron chi connectivity index (χ4n) is 3.26. The number of aromatic hydroxyl groups is 2. The Balaban J connectivity index is 1.70. The third-order valence-electron chi connectivity index (χ3n) is 4.71. The lowest BCUT2D eigenvalue weighted by atomic mass is 9.95. The molecule has 0 amide bonds. The van der Waals surface area contributed by atoms with Crippen LogP contribution in [0.25, 0.3) is 5.57 Å². The van der Waals surface area contributed by atoms with Crippen molar-refractivity contribution in [1.82, 2.24) is 0 Å². The minimum absolute atomic E-state index is 0.0854. The van der Waals surface area contributed by atoms with Gasteiger partial charge in [-0.3, -0.25) is 4.79 Å². The van der Waals surface area contributed by atoms with E-state index < -0.39 is 0 Å². The molecule has 130 valence electrons. The minimum Gasteiger partial charge on any atom is -0.508 e. The van der Waals surface area contributed by atoms with E-state index in [0.717, 1.165) is 11.8 Å². The lowest BCUT2D eigenvalue weighted by molar-refractivity contribution is 0.105. The molecule has 4 nitrogen and oxygen atoms in total. The standard InChI is InChI=1S/C21H23NO3/c1-14(21(25)19-12-11-18(23)13-20(19)24)15-7-9-17(10-8-15)22-16-5-3-2-4-6-16/h7-13,16,22-24H,1-6H2. The molecule has 0 spiro atoms. The molecule has 3 rings (SSSR count). The lowest BCUT2D eigenvalue weighted by Gasteiger charge is -2.24. The smallest absolute Gasteiger partial charge is 0.196 e. The Labute approximate surface area is 147 Å². The van der Waals surface area contributed by atoms with Gasteiger partial charge in [-0.05, 0) is 42.7 Å². The largest absolute Gasteiger partial charge is 0.508 e. The SMILES string of the molecule is C=C(C(=O)c1ccc(O)cc1O)c1ccc(NC2CCCCC2)cc1. The maximum Gasteiger partial charge on any atom is 0.196 e. The first kappa shape index (κ1) is 17.1. The highest BCUT2D eigenvalue weighted by Gasteiger charge is 2.17. The first-order valence-corrected chi connectivity index (χ1v) is 8.67. The Morgan fingerprint density at radius 2 is 1.68 bits per heavy atom. The number of ketones is 1. The zero-order valence-electron chi connectivity index (χ0n) is 14.2. The molecule has 0 bridgehead atoms. The molecule has 1 aliphatic rings. The Hall–Kier alpha value is -2.75. The molecule has 0 saturated heterocycles. The second-order valence-corrected chi connectivity index (χ2v) is 6.57. The van der Waals surface area contributed by atoms with Crippen molar-refractivity contribution in [1.29, 1.82) is 0 Å². The van der Waals surface area contributed by atoms with Gasteiger partial charge in [0, 0.05) is 23.4 Å². The van der Waals surface area contributed by atoms with Crippen molar-refractivity contribution < 1.29 is 15.0 Å². The molecule has 0 aliphatic heterocycles. The van der Waals surface area contributed by atoms with Crippen LogP contribution in [0.15, 0.2) is 49.0 Å². The lowest BCUT2D eigenvalue weighted by Crippen LogP contribution is -2.22. The molecule has 25 heavy (non-hydrogen) atoms. The van der Waals surface area contributed by atoms with E-state index in [2.05, 4.69) is 11.9 Å². The quantitative estimate of drug-likeness (QED) is 0.544. The number of phenols is 2. The Kier molecular flexibility index (Phi) is 5.08. The third kappa shape index (κ3) is 4.02. The second kappa shape index (κ2) is 7.43. The highest BCUT2D eigenvalue weighted by molar-refractivity contribution is 6.29. The second-order valence-electron chi connectivity index (χ2n) is 6.57. The number of carbonyl (C=O) groups excluding carboxylic acids is 1. The fourth-order valence-corrected chi connectivity index (χ4v) is 3.26. The molecule has 0 unspecified atom stereocenters. The van der Waals surface area contributed by atoms with Gasteiger partial charge in [0.15, 0.2) is 5.78 Å². The number of hydrogen-bond donors (Lipinski definition) is 3. The number of hydrogen-bond acceptors (Lipinski definition) is 4. The van der Waals surface area contributed by atoms with Gasteiger partial charge in [-0.15, -0.1) is 0 Å². The number of carbonyl (C=O) groups is 1. The average Bonchev–Trinajstić information content (AvgIpc) is 2.62. The van der Waals surface area contributed by atoms with Gasteiger partial charge in [-0.25, -0.2) is 0 Å². The first-order valence-electron chi connectivity index (χ1n) is 8.67. The number of phenolic OH excluding ortho intramolecular Hbond substituents is 2. The summed E-state index contributed by atoms with van der Waals surface area (Å²) in [5.74, 6) is -0.690. The van der Waals surface area contributed by atoms with Crippen LogP contribution in [0.2, 0.25) is 0 Å². The average molecular weight is 337 g/mol. The maximum atomic E-state index is 12.5. The van der Waals surface area contributed by atoms with E-state index in [1.807, 2.05) is 24.3 Å². The fraction of sp³-hybridized carbons (Fsp3) is 0.286. The normalized spacial score (nSPS) is 14.9. The predicted molar refractivity (Wildman–Crippen MR) is 100 cm³/mol. The van der Waals surface area contributed by atoms with Gasteiger partial charge < -0.3 is 15.5 Å². The van der Waals surface area contributed by atoms with Crippen molar-refractivity contribution in [2.45, 2.75) is 38.1 Å². The van der Waals surface area contributed by atoms with Crippen LogP contribution < -0.4 is 5.32 Å². The molecule has 2 aromatic rings. The summed E-state index contributed by atoms with van der Waals surface area (Å²) in [6.07, 6.45) is 6.28. The predicted octanol–water partition coefficient (Wildman–Crippen LogP) is 4.74. The maximum absolute atomic E-state index is 12.5. The third-order valence-corrected chi connectivity index (χ3v) is 4.71. The van der Waals surface area contributed by atoms with E-state index in [-0.39, 0.29) is 22.8 Å². The number of rotatable bonds is 5. The van der Waals surface area contributed by atoms with Crippen LogP contribution in [0.3, 0.4) is 0 Å². The topological polar surface area (TPSA) is 69.6 Å². The summed E-state index contributed by atoms with van der Waals surface area (Å²) >= 11 is 0. The molecule has 2 aromatic carbocycles. The molecule has 0 heterocycles. The van der Waals surface area contributed by atoms with Crippen LogP contribution in [0.1, 0.15) is 48.0 Å². The summed E-state index contributed by atoms with van der Waals surface area (Å²) in [5, 5.41) is 22.7. The summed E-state index contributed by atoms with van der Waals surface area (Å²) in [5.41, 5.74) is 2.20. The zero-order chi connectivity index (χ0) is 17.8. The van der Waals surface area contributed by atoms with E-state index in [1.165, 1.54) is 44.2 Å². The molecule has 1 fully saturated rings. The van der Waals surface area contributed by atoms with Crippen molar-refractivity contribution in [3.63, 3.8) is 0 Å². The number of Topliss-reactive ketones (excluding diaryl/α,β-unsaturated/α-hetero) is 1. The summed E-state index contributed by atoms with van der Waals surface area (Å²) in [4.78, 5) is 12.5. The molecular weight excluding hydrogens is 314 g/mol. The number of benzene rings is 2. The molecular formula is C21H23NO3. The van der Waals surface area contributed by atoms with Crippen LogP contribution in [0.5, 0.6) is 11.5 Å². The van der Waals surface area contributed by atoms with Gasteiger partial charge in [-0.2, -0.15) is 0 Å². The highest BCUT2D eigenvalue weighted by atomic mass is 16.3. The van der Waals surface area contributed by atoms with Crippen molar-refractivity contribution in [3.05, 3.63) is 60.2 Å². The monoisotopic (exact) mass is 337 g/mol. The Morgan fingerprint density at radius 3 is 2.32 bits per heavy atom. The molecule has 4 heteroatoms.